The van der Waals surface area contributed by atoms with E-state index in [1.54, 1.807) is 0 Å². The summed E-state index contributed by atoms with van der Waals surface area (Å²) in [5, 5.41) is 1.87. The molecule has 3 heteroatoms. The molecule has 1 aromatic rings. The van der Waals surface area contributed by atoms with E-state index in [-0.39, 0.29) is 17.1 Å². The van der Waals surface area contributed by atoms with Crippen molar-refractivity contribution in [1.29, 1.82) is 0 Å². The van der Waals surface area contributed by atoms with Gasteiger partial charge in [-0.1, -0.05) is 20.3 Å². The molecule has 76 valence electrons. The SMILES string of the molecule is CC1(C)CCCC1C(=O)c1ccsn1. The van der Waals surface area contributed by atoms with Crippen molar-refractivity contribution in [2.75, 3.05) is 0 Å². The van der Waals surface area contributed by atoms with Gasteiger partial charge in [0.2, 0.25) is 0 Å². The van der Waals surface area contributed by atoms with Crippen LogP contribution in [0.1, 0.15) is 43.6 Å². The molecule has 0 radical (unpaired) electrons. The van der Waals surface area contributed by atoms with E-state index in [1.165, 1.54) is 18.0 Å². The van der Waals surface area contributed by atoms with E-state index >= 15 is 0 Å². The van der Waals surface area contributed by atoms with Crippen molar-refractivity contribution in [3.05, 3.63) is 17.1 Å². The number of carbonyl (C=O) groups is 1. The second-order valence-electron chi connectivity index (χ2n) is 4.68. The van der Waals surface area contributed by atoms with Gasteiger partial charge >= 0.3 is 0 Å². The van der Waals surface area contributed by atoms with Crippen LogP contribution in [-0.4, -0.2) is 10.2 Å². The Labute approximate surface area is 88.5 Å². The summed E-state index contributed by atoms with van der Waals surface area (Å²) in [5.74, 6) is 0.429. The number of aromatic nitrogens is 1. The van der Waals surface area contributed by atoms with Gasteiger partial charge in [-0.25, -0.2) is 0 Å². The van der Waals surface area contributed by atoms with Crippen LogP contribution in [0, 0.1) is 11.3 Å². The van der Waals surface area contributed by atoms with Gasteiger partial charge in [-0.3, -0.25) is 4.79 Å². The molecule has 1 saturated carbocycles. The van der Waals surface area contributed by atoms with Crippen LogP contribution in [0.15, 0.2) is 11.4 Å². The minimum atomic E-state index is 0.167. The minimum absolute atomic E-state index is 0.167. The van der Waals surface area contributed by atoms with E-state index in [0.717, 1.165) is 12.8 Å². The summed E-state index contributed by atoms with van der Waals surface area (Å²) in [6.07, 6.45) is 3.37. The first-order chi connectivity index (χ1) is 6.61. The lowest BCUT2D eigenvalue weighted by atomic mass is 9.79. The van der Waals surface area contributed by atoms with Crippen LogP contribution in [-0.2, 0) is 0 Å². The van der Waals surface area contributed by atoms with E-state index in [9.17, 15) is 4.79 Å². The normalized spacial score (nSPS) is 25.1. The number of Topliss-reactive ketones (excluding diaryl/α,β-unsaturated/α-hetero) is 1. The Morgan fingerprint density at radius 3 is 2.93 bits per heavy atom. The molecule has 1 heterocycles. The first kappa shape index (κ1) is 9.84. The molecular formula is C11H15NOS. The van der Waals surface area contributed by atoms with E-state index in [2.05, 4.69) is 18.2 Å². The van der Waals surface area contributed by atoms with Crippen molar-refractivity contribution in [1.82, 2.24) is 4.37 Å². The predicted molar refractivity (Wildman–Crippen MR) is 57.6 cm³/mol. The number of ketones is 1. The zero-order valence-corrected chi connectivity index (χ0v) is 9.43. The highest BCUT2D eigenvalue weighted by Crippen LogP contribution is 2.43. The van der Waals surface area contributed by atoms with E-state index in [1.807, 2.05) is 11.4 Å². The number of hydrogen-bond acceptors (Lipinski definition) is 3. The topological polar surface area (TPSA) is 30.0 Å². The largest absolute Gasteiger partial charge is 0.292 e. The molecule has 1 aliphatic carbocycles. The molecule has 2 nitrogen and oxygen atoms in total. The quantitative estimate of drug-likeness (QED) is 0.700. The molecule has 0 spiro atoms. The monoisotopic (exact) mass is 209 g/mol. The summed E-state index contributed by atoms with van der Waals surface area (Å²) in [6.45, 7) is 4.38. The van der Waals surface area contributed by atoms with Crippen LogP contribution < -0.4 is 0 Å². The van der Waals surface area contributed by atoms with Crippen LogP contribution in [0.4, 0.5) is 0 Å². The van der Waals surface area contributed by atoms with Crippen molar-refractivity contribution in [3.8, 4) is 0 Å². The maximum absolute atomic E-state index is 12.1. The van der Waals surface area contributed by atoms with Crippen LogP contribution in [0.3, 0.4) is 0 Å². The van der Waals surface area contributed by atoms with Crippen LogP contribution in [0.5, 0.6) is 0 Å². The maximum Gasteiger partial charge on any atom is 0.185 e. The molecule has 1 fully saturated rings. The third-order valence-corrected chi connectivity index (χ3v) is 3.82. The molecule has 14 heavy (non-hydrogen) atoms. The fraction of sp³-hybridized carbons (Fsp3) is 0.636. The Bertz CT molecular complexity index is 329. The van der Waals surface area contributed by atoms with Gasteiger partial charge in [-0.2, -0.15) is 4.37 Å². The standard InChI is InChI=1S/C11H15NOS/c1-11(2)6-3-4-8(11)10(13)9-5-7-14-12-9/h5,7-8H,3-4,6H2,1-2H3. The van der Waals surface area contributed by atoms with Gasteiger partial charge in [-0.05, 0) is 35.9 Å². The summed E-state index contributed by atoms with van der Waals surface area (Å²) in [5.41, 5.74) is 0.829. The molecule has 1 unspecified atom stereocenters. The molecule has 0 saturated heterocycles. The number of carbonyl (C=O) groups excluding carboxylic acids is 1. The molecular weight excluding hydrogens is 194 g/mol. The lowest BCUT2D eigenvalue weighted by Gasteiger charge is -2.24. The van der Waals surface area contributed by atoms with Crippen molar-refractivity contribution in [2.45, 2.75) is 33.1 Å². The van der Waals surface area contributed by atoms with Crippen molar-refractivity contribution >= 4 is 17.3 Å². The lowest BCUT2D eigenvalue weighted by Crippen LogP contribution is -2.25. The number of nitrogens with zero attached hydrogens (tertiary/aromatic N) is 1. The first-order valence-electron chi connectivity index (χ1n) is 5.06. The molecule has 0 bridgehead atoms. The second-order valence-corrected chi connectivity index (χ2v) is 5.35. The number of rotatable bonds is 2. The van der Waals surface area contributed by atoms with E-state index in [4.69, 9.17) is 0 Å². The van der Waals surface area contributed by atoms with Gasteiger partial charge in [0.1, 0.15) is 5.69 Å². The highest BCUT2D eigenvalue weighted by atomic mass is 32.1. The van der Waals surface area contributed by atoms with Gasteiger partial charge in [0.05, 0.1) is 0 Å². The Balaban J connectivity index is 2.20. The van der Waals surface area contributed by atoms with E-state index in [0.29, 0.717) is 5.69 Å². The van der Waals surface area contributed by atoms with Gasteiger partial charge in [0.15, 0.2) is 5.78 Å². The van der Waals surface area contributed by atoms with Crippen LogP contribution >= 0.6 is 11.5 Å². The molecule has 0 N–H and O–H groups in total. The minimum Gasteiger partial charge on any atom is -0.292 e. The summed E-state index contributed by atoms with van der Waals surface area (Å²) in [6, 6.07) is 1.83. The zero-order chi connectivity index (χ0) is 10.2. The van der Waals surface area contributed by atoms with Crippen molar-refractivity contribution < 1.29 is 4.79 Å². The van der Waals surface area contributed by atoms with Gasteiger partial charge in [-0.15, -0.1) is 0 Å². The Hall–Kier alpha value is -0.700. The summed E-state index contributed by atoms with van der Waals surface area (Å²) in [4.78, 5) is 12.1. The highest BCUT2D eigenvalue weighted by molar-refractivity contribution is 7.03. The van der Waals surface area contributed by atoms with Crippen LogP contribution in [0.25, 0.3) is 0 Å². The molecule has 0 aromatic carbocycles. The summed E-state index contributed by atoms with van der Waals surface area (Å²) in [7, 11) is 0. The van der Waals surface area contributed by atoms with Crippen molar-refractivity contribution in [2.24, 2.45) is 11.3 Å². The second kappa shape index (κ2) is 3.46. The molecule has 0 aliphatic heterocycles. The number of hydrogen-bond donors (Lipinski definition) is 0. The zero-order valence-electron chi connectivity index (χ0n) is 8.62. The molecule has 0 amide bonds. The maximum atomic E-state index is 12.1. The fourth-order valence-electron chi connectivity index (χ4n) is 2.33. The smallest absolute Gasteiger partial charge is 0.185 e. The Morgan fingerprint density at radius 1 is 1.64 bits per heavy atom. The van der Waals surface area contributed by atoms with Crippen LogP contribution in [0.2, 0.25) is 0 Å². The summed E-state index contributed by atoms with van der Waals surface area (Å²) >= 11 is 1.36. The Kier molecular flexibility index (Phi) is 2.43. The molecule has 1 aromatic heterocycles. The first-order valence-corrected chi connectivity index (χ1v) is 5.89. The predicted octanol–water partition coefficient (Wildman–Crippen LogP) is 3.15. The fourth-order valence-corrected chi connectivity index (χ4v) is 2.85. The third-order valence-electron chi connectivity index (χ3n) is 3.26. The van der Waals surface area contributed by atoms with Gasteiger partial charge < -0.3 is 0 Å². The molecule has 1 atom stereocenters. The van der Waals surface area contributed by atoms with Gasteiger partial charge in [0, 0.05) is 11.3 Å². The molecule has 2 rings (SSSR count). The Morgan fingerprint density at radius 2 is 2.43 bits per heavy atom. The average Bonchev–Trinajstić information content (AvgIpc) is 2.71. The average molecular weight is 209 g/mol. The summed E-state index contributed by atoms with van der Waals surface area (Å²) < 4.78 is 4.12. The third kappa shape index (κ3) is 1.61. The lowest BCUT2D eigenvalue weighted by molar-refractivity contribution is 0.0835. The van der Waals surface area contributed by atoms with Crippen molar-refractivity contribution in [3.63, 3.8) is 0 Å². The van der Waals surface area contributed by atoms with E-state index < -0.39 is 0 Å². The highest BCUT2D eigenvalue weighted by Gasteiger charge is 2.39. The molecule has 1 aliphatic rings. The van der Waals surface area contributed by atoms with Gasteiger partial charge in [0.25, 0.3) is 0 Å².